The minimum atomic E-state index is -0.529. The molecule has 0 aliphatic carbocycles. The second kappa shape index (κ2) is 11.1. The van der Waals surface area contributed by atoms with Gasteiger partial charge in [0.2, 0.25) is 5.91 Å². The molecule has 1 amide bonds. The smallest absolute Gasteiger partial charge is 0.222 e. The lowest BCUT2D eigenvalue weighted by Gasteiger charge is -2.32. The number of hydrogen-bond acceptors (Lipinski definition) is 5. The second-order valence-corrected chi connectivity index (χ2v) is 10.9. The average Bonchev–Trinajstić information content (AvgIpc) is 3.18. The summed E-state index contributed by atoms with van der Waals surface area (Å²) in [7, 11) is 1.64. The summed E-state index contributed by atoms with van der Waals surface area (Å²) in [6, 6.07) is 12.9. The summed E-state index contributed by atoms with van der Waals surface area (Å²) in [5, 5.41) is 12.7. The van der Waals surface area contributed by atoms with Gasteiger partial charge in [0.15, 0.2) is 5.82 Å². The molecule has 1 N–H and O–H groups in total. The lowest BCUT2D eigenvalue weighted by Crippen LogP contribution is -2.44. The predicted molar refractivity (Wildman–Crippen MR) is 148 cm³/mol. The molecule has 2 atom stereocenters. The van der Waals surface area contributed by atoms with Crippen LogP contribution in [0.3, 0.4) is 0 Å². The Bertz CT molecular complexity index is 1290. The number of aromatic nitrogens is 3. The van der Waals surface area contributed by atoms with Gasteiger partial charge in [0.1, 0.15) is 17.6 Å². The van der Waals surface area contributed by atoms with Gasteiger partial charge in [0.05, 0.1) is 24.9 Å². The Morgan fingerprint density at radius 2 is 1.92 bits per heavy atom. The SMILES string of the molecule is [CH2]CCCC(NC(=O)C[C@@H]1N=C(c2ccc(Cl)cc2)c2cc(OC)ccc2-n2c(C)nnc21)C(C)(C)C. The fourth-order valence-corrected chi connectivity index (χ4v) is 4.80. The monoisotopic (exact) mass is 520 g/mol. The van der Waals surface area contributed by atoms with E-state index in [-0.39, 0.29) is 23.8 Å². The number of nitrogens with zero attached hydrogens (tertiary/aromatic N) is 4. The van der Waals surface area contributed by atoms with E-state index in [1.165, 1.54) is 0 Å². The number of aryl methyl sites for hydroxylation is 1. The molecule has 0 spiro atoms. The number of halogens is 1. The summed E-state index contributed by atoms with van der Waals surface area (Å²) < 4.78 is 7.53. The Kier molecular flexibility index (Phi) is 8.02. The van der Waals surface area contributed by atoms with Gasteiger partial charge in [-0.3, -0.25) is 14.4 Å². The average molecular weight is 521 g/mol. The fraction of sp³-hybridized carbons (Fsp3) is 0.414. The topological polar surface area (TPSA) is 81.4 Å². The summed E-state index contributed by atoms with van der Waals surface area (Å²) >= 11 is 6.19. The second-order valence-electron chi connectivity index (χ2n) is 10.5. The summed E-state index contributed by atoms with van der Waals surface area (Å²) in [6.45, 7) is 12.3. The van der Waals surface area contributed by atoms with Crippen LogP contribution < -0.4 is 10.1 Å². The maximum absolute atomic E-state index is 13.4. The van der Waals surface area contributed by atoms with Crippen LogP contribution in [0.1, 0.15) is 75.3 Å². The number of fused-ring (bicyclic) bond motifs is 3. The Balaban J connectivity index is 1.79. The first-order valence-corrected chi connectivity index (χ1v) is 13.0. The number of hydrogen-bond donors (Lipinski definition) is 1. The van der Waals surface area contributed by atoms with E-state index in [2.05, 4.69) is 43.2 Å². The summed E-state index contributed by atoms with van der Waals surface area (Å²) in [5.41, 5.74) is 3.33. The highest BCUT2D eigenvalue weighted by molar-refractivity contribution is 6.30. The minimum Gasteiger partial charge on any atom is -0.497 e. The third-order valence-electron chi connectivity index (χ3n) is 6.75. The zero-order valence-electron chi connectivity index (χ0n) is 22.2. The van der Waals surface area contributed by atoms with Gasteiger partial charge in [0.25, 0.3) is 0 Å². The molecule has 1 aromatic heterocycles. The van der Waals surface area contributed by atoms with E-state index in [0.29, 0.717) is 16.6 Å². The summed E-state index contributed by atoms with van der Waals surface area (Å²) in [6.07, 6.45) is 2.82. The maximum Gasteiger partial charge on any atom is 0.222 e. The Morgan fingerprint density at radius 1 is 1.19 bits per heavy atom. The molecule has 2 heterocycles. The van der Waals surface area contributed by atoms with Gasteiger partial charge in [-0.05, 0) is 49.1 Å². The first kappa shape index (κ1) is 26.9. The van der Waals surface area contributed by atoms with E-state index in [9.17, 15) is 4.79 Å². The molecule has 1 aliphatic rings. The fourth-order valence-electron chi connectivity index (χ4n) is 4.68. The van der Waals surface area contributed by atoms with Crippen LogP contribution in [0.2, 0.25) is 5.02 Å². The van der Waals surface area contributed by atoms with Crippen LogP contribution in [-0.2, 0) is 4.79 Å². The van der Waals surface area contributed by atoms with Crippen LogP contribution in [0.25, 0.3) is 5.69 Å². The van der Waals surface area contributed by atoms with Crippen molar-refractivity contribution >= 4 is 23.2 Å². The number of aliphatic imine (C=N–C) groups is 1. The van der Waals surface area contributed by atoms with Crippen molar-refractivity contribution in [2.24, 2.45) is 10.4 Å². The van der Waals surface area contributed by atoms with Crippen molar-refractivity contribution in [1.82, 2.24) is 20.1 Å². The van der Waals surface area contributed by atoms with E-state index in [1.807, 2.05) is 54.0 Å². The molecule has 37 heavy (non-hydrogen) atoms. The highest BCUT2D eigenvalue weighted by atomic mass is 35.5. The Hall–Kier alpha value is -3.19. The van der Waals surface area contributed by atoms with E-state index < -0.39 is 6.04 Å². The molecule has 3 aromatic rings. The Morgan fingerprint density at radius 3 is 2.57 bits per heavy atom. The zero-order valence-corrected chi connectivity index (χ0v) is 23.0. The van der Waals surface area contributed by atoms with Crippen molar-refractivity contribution in [3.63, 3.8) is 0 Å². The number of carbonyl (C=O) groups is 1. The number of amides is 1. The molecule has 0 saturated carbocycles. The minimum absolute atomic E-state index is 0.0355. The van der Waals surface area contributed by atoms with E-state index in [4.69, 9.17) is 21.3 Å². The van der Waals surface area contributed by atoms with Gasteiger partial charge in [-0.15, -0.1) is 10.2 Å². The molecule has 1 aliphatic heterocycles. The van der Waals surface area contributed by atoms with Crippen molar-refractivity contribution in [2.45, 2.75) is 65.5 Å². The molecule has 8 heteroatoms. The number of methoxy groups -OCH3 is 1. The lowest BCUT2D eigenvalue weighted by molar-refractivity contribution is -0.123. The van der Waals surface area contributed by atoms with Crippen molar-refractivity contribution in [3.8, 4) is 11.4 Å². The normalized spacial score (nSPS) is 15.8. The number of unbranched alkanes of at least 4 members (excludes halogenated alkanes) is 1. The van der Waals surface area contributed by atoms with Gasteiger partial charge in [0, 0.05) is 22.2 Å². The summed E-state index contributed by atoms with van der Waals surface area (Å²) in [5.74, 6) is 2.00. The van der Waals surface area contributed by atoms with E-state index in [1.54, 1.807) is 7.11 Å². The number of ether oxygens (including phenoxy) is 1. The largest absolute Gasteiger partial charge is 0.497 e. The van der Waals surface area contributed by atoms with Crippen molar-refractivity contribution in [1.29, 1.82) is 0 Å². The number of benzene rings is 2. The molecule has 1 radical (unpaired) electrons. The molecule has 0 bridgehead atoms. The molecule has 195 valence electrons. The Labute approximate surface area is 224 Å². The van der Waals surface area contributed by atoms with E-state index >= 15 is 0 Å². The molecular weight excluding hydrogens is 486 g/mol. The zero-order chi connectivity index (χ0) is 26.7. The van der Waals surface area contributed by atoms with Gasteiger partial charge < -0.3 is 10.1 Å². The molecule has 4 rings (SSSR count). The quantitative estimate of drug-likeness (QED) is 0.391. The number of carbonyl (C=O) groups excluding carboxylic acids is 1. The van der Waals surface area contributed by atoms with Crippen LogP contribution >= 0.6 is 11.6 Å². The van der Waals surface area contributed by atoms with Crippen molar-refractivity contribution in [2.75, 3.05) is 7.11 Å². The predicted octanol–water partition coefficient (Wildman–Crippen LogP) is 6.06. The molecule has 0 saturated heterocycles. The third-order valence-corrected chi connectivity index (χ3v) is 7.00. The molecule has 1 unspecified atom stereocenters. The third kappa shape index (κ3) is 5.87. The van der Waals surface area contributed by atoms with Crippen molar-refractivity contribution < 1.29 is 9.53 Å². The van der Waals surface area contributed by atoms with E-state index in [0.717, 1.165) is 47.6 Å². The molecule has 2 aromatic carbocycles. The van der Waals surface area contributed by atoms with Gasteiger partial charge in [-0.2, -0.15) is 0 Å². The number of nitrogens with one attached hydrogen (secondary N) is 1. The molecule has 7 nitrogen and oxygen atoms in total. The molecule has 0 fully saturated rings. The van der Waals surface area contributed by atoms with Gasteiger partial charge in [-0.25, -0.2) is 0 Å². The van der Waals surface area contributed by atoms with Gasteiger partial charge in [-0.1, -0.05) is 64.3 Å². The summed E-state index contributed by atoms with van der Waals surface area (Å²) in [4.78, 5) is 18.6. The number of rotatable bonds is 8. The molecular formula is C29H35ClN5O2. The standard InChI is InChI=1S/C29H35ClN5O2/c1-7-8-9-25(29(3,4)5)32-26(36)17-23-28-34-33-18(2)35(28)24-15-14-21(37-6)16-22(24)27(31-23)19-10-12-20(30)13-11-19/h10-16,23,25H,1,7-9,17H2,2-6H3,(H,32,36)/t23-,25?/m0/s1. The lowest BCUT2D eigenvalue weighted by atomic mass is 9.83. The highest BCUT2D eigenvalue weighted by Gasteiger charge is 2.32. The van der Waals surface area contributed by atoms with Crippen LogP contribution in [0.15, 0.2) is 47.5 Å². The first-order valence-electron chi connectivity index (χ1n) is 12.7. The van der Waals surface area contributed by atoms with Crippen LogP contribution in [0.4, 0.5) is 0 Å². The highest BCUT2D eigenvalue weighted by Crippen LogP contribution is 2.35. The van der Waals surface area contributed by atoms with Crippen LogP contribution in [0, 0.1) is 19.3 Å². The van der Waals surface area contributed by atoms with Gasteiger partial charge >= 0.3 is 0 Å². The first-order chi connectivity index (χ1) is 17.6. The maximum atomic E-state index is 13.4. The van der Waals surface area contributed by atoms with Crippen LogP contribution in [-0.4, -0.2) is 39.5 Å². The van der Waals surface area contributed by atoms with Crippen molar-refractivity contribution in [3.05, 3.63) is 77.2 Å². The van der Waals surface area contributed by atoms with Crippen LogP contribution in [0.5, 0.6) is 5.75 Å².